The van der Waals surface area contributed by atoms with Crippen LogP contribution in [0.15, 0.2) is 84.4 Å². The molecule has 2 aromatic heterocycles. The van der Waals surface area contributed by atoms with Gasteiger partial charge in [-0.15, -0.1) is 11.3 Å². The summed E-state index contributed by atoms with van der Waals surface area (Å²) in [4.78, 5) is 2.89. The van der Waals surface area contributed by atoms with Gasteiger partial charge >= 0.3 is 0 Å². The Hall–Kier alpha value is -2.92. The summed E-state index contributed by atoms with van der Waals surface area (Å²) in [6.45, 7) is 0. The first-order chi connectivity index (χ1) is 15.1. The Balaban J connectivity index is 1.42. The minimum absolute atomic E-state index is 0.855. The fraction of sp³-hybridized carbons (Fsp3) is 0.0370. The molecule has 0 amide bonds. The van der Waals surface area contributed by atoms with E-state index in [0.717, 1.165) is 26.4 Å². The summed E-state index contributed by atoms with van der Waals surface area (Å²) in [7, 11) is 2.13. The van der Waals surface area contributed by atoms with E-state index in [4.69, 9.17) is 24.4 Å². The van der Waals surface area contributed by atoms with Gasteiger partial charge < -0.3 is 4.57 Å². The van der Waals surface area contributed by atoms with Crippen molar-refractivity contribution in [1.82, 2.24) is 4.57 Å². The van der Waals surface area contributed by atoms with Crippen molar-refractivity contribution in [3.63, 3.8) is 0 Å². The Kier molecular flexibility index (Phi) is 4.29. The molecule has 0 N–H and O–H groups in total. The molecule has 0 saturated heterocycles. The van der Waals surface area contributed by atoms with E-state index >= 15 is 0 Å². The standard InChI is InChI=1S/C27H17NS3/c1-28-23(16-7-3-2-4-8-16)15-25-24(28)14-19(31-25)13-22-26(29)20-11-17-9-5-6-10-18(17)12-21(20)27(22)30/h2-15H,1H3. The molecule has 1 aliphatic rings. The van der Waals surface area contributed by atoms with E-state index in [9.17, 15) is 0 Å². The number of thiocarbonyl (C=S) groups is 2. The van der Waals surface area contributed by atoms with Gasteiger partial charge in [0.15, 0.2) is 0 Å². The molecule has 1 aliphatic carbocycles. The Bertz CT molecular complexity index is 1510. The van der Waals surface area contributed by atoms with E-state index in [0.29, 0.717) is 0 Å². The fourth-order valence-corrected chi connectivity index (χ4v) is 6.17. The Morgan fingerprint density at radius 3 is 2.00 bits per heavy atom. The summed E-state index contributed by atoms with van der Waals surface area (Å²) in [6.07, 6.45) is 2.17. The number of hydrogen-bond acceptors (Lipinski definition) is 3. The monoisotopic (exact) mass is 451 g/mol. The molecular formula is C27H17NS3. The number of hydrogen-bond donors (Lipinski definition) is 0. The molecule has 5 aromatic rings. The van der Waals surface area contributed by atoms with Crippen LogP contribution in [-0.2, 0) is 7.05 Å². The van der Waals surface area contributed by atoms with Gasteiger partial charge in [-0.2, -0.15) is 0 Å². The topological polar surface area (TPSA) is 4.93 Å². The average molecular weight is 452 g/mol. The van der Waals surface area contributed by atoms with Crippen molar-refractivity contribution in [1.29, 1.82) is 0 Å². The van der Waals surface area contributed by atoms with Gasteiger partial charge in [0, 0.05) is 34.3 Å². The minimum atomic E-state index is 0.855. The zero-order chi connectivity index (χ0) is 21.1. The maximum Gasteiger partial charge on any atom is 0.0598 e. The van der Waals surface area contributed by atoms with Gasteiger partial charge in [-0.3, -0.25) is 0 Å². The number of nitrogens with zero attached hydrogens (tertiary/aromatic N) is 1. The first-order valence-electron chi connectivity index (χ1n) is 10.1. The number of fused-ring (bicyclic) bond motifs is 3. The summed E-state index contributed by atoms with van der Waals surface area (Å²) in [6, 6.07) is 27.7. The van der Waals surface area contributed by atoms with E-state index < -0.39 is 0 Å². The van der Waals surface area contributed by atoms with Gasteiger partial charge in [-0.05, 0) is 46.7 Å². The summed E-state index contributed by atoms with van der Waals surface area (Å²) < 4.78 is 3.53. The zero-order valence-electron chi connectivity index (χ0n) is 16.8. The predicted molar refractivity (Wildman–Crippen MR) is 142 cm³/mol. The van der Waals surface area contributed by atoms with E-state index in [-0.39, 0.29) is 0 Å². The lowest BCUT2D eigenvalue weighted by Crippen LogP contribution is -1.97. The summed E-state index contributed by atoms with van der Waals surface area (Å²) >= 11 is 13.5. The Labute approximate surface area is 195 Å². The van der Waals surface area contributed by atoms with Crippen LogP contribution in [0.4, 0.5) is 0 Å². The van der Waals surface area contributed by atoms with Crippen molar-refractivity contribution < 1.29 is 0 Å². The molecule has 0 fully saturated rings. The molecule has 1 nitrogen and oxygen atoms in total. The van der Waals surface area contributed by atoms with Gasteiger partial charge in [0.25, 0.3) is 0 Å². The predicted octanol–water partition coefficient (Wildman–Crippen LogP) is 7.59. The Morgan fingerprint density at radius 1 is 0.774 bits per heavy atom. The average Bonchev–Trinajstić information content (AvgIpc) is 3.41. The highest BCUT2D eigenvalue weighted by molar-refractivity contribution is 7.84. The van der Waals surface area contributed by atoms with Crippen molar-refractivity contribution in [2.75, 3.05) is 0 Å². The molecule has 2 heterocycles. The van der Waals surface area contributed by atoms with E-state index in [1.807, 2.05) is 6.07 Å². The van der Waals surface area contributed by atoms with Crippen LogP contribution in [0.5, 0.6) is 0 Å². The highest BCUT2D eigenvalue weighted by Gasteiger charge is 2.27. The zero-order valence-corrected chi connectivity index (χ0v) is 19.2. The van der Waals surface area contributed by atoms with Crippen LogP contribution in [0.25, 0.3) is 38.3 Å². The van der Waals surface area contributed by atoms with Gasteiger partial charge in [0.2, 0.25) is 0 Å². The molecule has 0 unspecified atom stereocenters. The molecule has 0 spiro atoms. The van der Waals surface area contributed by atoms with Crippen LogP contribution in [0.3, 0.4) is 0 Å². The summed E-state index contributed by atoms with van der Waals surface area (Å²) in [5.41, 5.74) is 6.84. The minimum Gasteiger partial charge on any atom is -0.343 e. The van der Waals surface area contributed by atoms with Gasteiger partial charge in [-0.25, -0.2) is 0 Å². The maximum atomic E-state index is 5.85. The number of aryl methyl sites for hydroxylation is 1. The molecule has 31 heavy (non-hydrogen) atoms. The third-order valence-electron chi connectivity index (χ3n) is 5.97. The lowest BCUT2D eigenvalue weighted by atomic mass is 10.0. The van der Waals surface area contributed by atoms with Crippen LogP contribution in [-0.4, -0.2) is 14.3 Å². The van der Waals surface area contributed by atoms with Crippen LogP contribution < -0.4 is 0 Å². The number of thiophene rings is 1. The maximum absolute atomic E-state index is 5.85. The van der Waals surface area contributed by atoms with Crippen LogP contribution in [0.2, 0.25) is 0 Å². The van der Waals surface area contributed by atoms with Gasteiger partial charge in [0.1, 0.15) is 0 Å². The van der Waals surface area contributed by atoms with Crippen molar-refractivity contribution in [3.8, 4) is 11.3 Å². The molecule has 0 atom stereocenters. The first kappa shape index (κ1) is 18.8. The second-order valence-electron chi connectivity index (χ2n) is 7.81. The molecule has 0 aliphatic heterocycles. The highest BCUT2D eigenvalue weighted by atomic mass is 32.1. The molecule has 4 heteroatoms. The molecule has 0 radical (unpaired) electrons. The quantitative estimate of drug-likeness (QED) is 0.201. The molecule has 6 rings (SSSR count). The van der Waals surface area contributed by atoms with Crippen molar-refractivity contribution in [3.05, 3.63) is 100 Å². The lowest BCUT2D eigenvalue weighted by molar-refractivity contribution is 0.979. The lowest BCUT2D eigenvalue weighted by Gasteiger charge is -2.03. The highest BCUT2D eigenvalue weighted by Crippen LogP contribution is 2.37. The summed E-state index contributed by atoms with van der Waals surface area (Å²) in [5, 5.41) is 2.39. The first-order valence-corrected chi connectivity index (χ1v) is 11.7. The number of benzene rings is 3. The van der Waals surface area contributed by atoms with Crippen molar-refractivity contribution in [2.24, 2.45) is 7.05 Å². The summed E-state index contributed by atoms with van der Waals surface area (Å²) in [5.74, 6) is 0. The largest absolute Gasteiger partial charge is 0.343 e. The fourth-order valence-electron chi connectivity index (χ4n) is 4.37. The normalized spacial score (nSPS) is 13.4. The molecule has 148 valence electrons. The number of allylic oxidation sites excluding steroid dienone is 1. The van der Waals surface area contributed by atoms with E-state index in [1.165, 1.54) is 37.1 Å². The van der Waals surface area contributed by atoms with Crippen LogP contribution in [0, 0.1) is 0 Å². The smallest absolute Gasteiger partial charge is 0.0598 e. The second kappa shape index (κ2) is 7.06. The van der Waals surface area contributed by atoms with Crippen LogP contribution in [0.1, 0.15) is 16.0 Å². The molecule has 0 bridgehead atoms. The van der Waals surface area contributed by atoms with Gasteiger partial charge in [-0.1, -0.05) is 79.0 Å². The molecule has 0 saturated carbocycles. The SMILES string of the molecule is Cn1c(-c2ccccc2)cc2sc(C=C3C(=S)c4cc5ccccc5cc4C3=S)cc21. The van der Waals surface area contributed by atoms with Crippen molar-refractivity contribution >= 4 is 72.6 Å². The number of rotatable bonds is 2. The Morgan fingerprint density at radius 2 is 1.39 bits per heavy atom. The third kappa shape index (κ3) is 2.94. The second-order valence-corrected chi connectivity index (χ2v) is 9.75. The third-order valence-corrected chi connectivity index (χ3v) is 7.87. The molecule has 3 aromatic carbocycles. The van der Waals surface area contributed by atoms with Crippen LogP contribution >= 0.6 is 35.8 Å². The van der Waals surface area contributed by atoms with E-state index in [1.54, 1.807) is 11.3 Å². The van der Waals surface area contributed by atoms with Gasteiger partial charge in [0.05, 0.1) is 19.9 Å². The molecular weight excluding hydrogens is 435 g/mol. The number of aromatic nitrogens is 1. The van der Waals surface area contributed by atoms with E-state index in [2.05, 4.69) is 90.5 Å². The van der Waals surface area contributed by atoms with Crippen molar-refractivity contribution in [2.45, 2.75) is 0 Å².